The number of ketones is 1. The molecule has 7 heteroatoms. The van der Waals surface area contributed by atoms with Gasteiger partial charge in [-0.25, -0.2) is 4.90 Å². The van der Waals surface area contributed by atoms with Crippen molar-refractivity contribution in [1.82, 2.24) is 0 Å². The molecule has 84 valence electrons. The van der Waals surface area contributed by atoms with E-state index in [4.69, 9.17) is 0 Å². The summed E-state index contributed by atoms with van der Waals surface area (Å²) in [7, 11) is 0. The summed E-state index contributed by atoms with van der Waals surface area (Å²) in [6, 6.07) is 3.86. The van der Waals surface area contributed by atoms with E-state index in [-0.39, 0.29) is 5.56 Å². The molecule has 1 aromatic carbocycles. The zero-order valence-electron chi connectivity index (χ0n) is 7.51. The predicted molar refractivity (Wildman–Crippen MR) is 57.0 cm³/mol. The highest BCUT2D eigenvalue weighted by Crippen LogP contribution is 2.37. The molecule has 0 aromatic heterocycles. The lowest BCUT2D eigenvalue weighted by Crippen LogP contribution is -2.41. The topological polar surface area (TPSA) is 37.4 Å². The number of hydrogen-bond donors (Lipinski definition) is 0. The fourth-order valence-corrected chi connectivity index (χ4v) is 1.93. The molecule has 1 aromatic rings. The molecule has 0 aliphatic carbocycles. The summed E-state index contributed by atoms with van der Waals surface area (Å²) < 4.78 is 38.2. The van der Waals surface area contributed by atoms with Crippen LogP contribution in [0.1, 0.15) is 10.4 Å². The third kappa shape index (κ3) is 1.58. The molecule has 1 aliphatic rings. The Morgan fingerprint density at radius 3 is 2.38 bits per heavy atom. The molecule has 0 atom stereocenters. The first-order chi connectivity index (χ1) is 7.32. The second-order valence-electron chi connectivity index (χ2n) is 3.10. The van der Waals surface area contributed by atoms with Crippen molar-refractivity contribution in [2.45, 2.75) is 6.30 Å². The van der Waals surface area contributed by atoms with Crippen molar-refractivity contribution in [2.24, 2.45) is 0 Å². The molecule has 1 heterocycles. The van der Waals surface area contributed by atoms with Crippen LogP contribution in [0.3, 0.4) is 0 Å². The maximum atomic E-state index is 12.5. The molecule has 0 saturated carbocycles. The molecule has 0 N–H and O–H groups in total. The predicted octanol–water partition coefficient (Wildman–Crippen LogP) is 2.34. The van der Waals surface area contributed by atoms with Crippen molar-refractivity contribution in [1.29, 1.82) is 0 Å². The maximum absolute atomic E-state index is 12.5. The van der Waals surface area contributed by atoms with Crippen LogP contribution in [-0.4, -0.2) is 18.0 Å². The number of halogens is 4. The number of carbonyl (C=O) groups excluding carboxylic acids is 2. The van der Waals surface area contributed by atoms with Gasteiger partial charge < -0.3 is 0 Å². The second-order valence-corrected chi connectivity index (χ2v) is 4.34. The van der Waals surface area contributed by atoms with E-state index in [9.17, 15) is 22.8 Å². The average molecular weight is 341 g/mol. The molecule has 0 bridgehead atoms. The Morgan fingerprint density at radius 2 is 1.81 bits per heavy atom. The summed E-state index contributed by atoms with van der Waals surface area (Å²) in [5.41, 5.74) is -0.600. The van der Waals surface area contributed by atoms with Crippen LogP contribution in [0, 0.1) is 3.57 Å². The Morgan fingerprint density at radius 1 is 1.19 bits per heavy atom. The van der Waals surface area contributed by atoms with E-state index in [2.05, 4.69) is 0 Å². The van der Waals surface area contributed by atoms with Crippen molar-refractivity contribution < 1.29 is 22.8 Å². The molecular formula is C9H3F3INO2. The first-order valence-corrected chi connectivity index (χ1v) is 5.15. The minimum absolute atomic E-state index is 0.206. The van der Waals surface area contributed by atoms with Gasteiger partial charge in [0.15, 0.2) is 0 Å². The second kappa shape index (κ2) is 3.44. The lowest BCUT2D eigenvalue weighted by Gasteiger charge is -2.19. The lowest BCUT2D eigenvalue weighted by atomic mass is 10.1. The summed E-state index contributed by atoms with van der Waals surface area (Å²) in [5, 5.41) is 0. The number of anilines is 1. The molecule has 3 nitrogen and oxygen atoms in total. The van der Waals surface area contributed by atoms with E-state index >= 15 is 0 Å². The van der Waals surface area contributed by atoms with Gasteiger partial charge in [0.25, 0.3) is 5.78 Å². The van der Waals surface area contributed by atoms with Gasteiger partial charge in [-0.05, 0) is 40.8 Å². The van der Waals surface area contributed by atoms with Gasteiger partial charge in [0.2, 0.25) is 0 Å². The van der Waals surface area contributed by atoms with E-state index in [1.807, 2.05) is 22.6 Å². The van der Waals surface area contributed by atoms with E-state index in [1.54, 1.807) is 0 Å². The highest BCUT2D eigenvalue weighted by Gasteiger charge is 2.50. The Bertz CT molecular complexity index is 498. The third-order valence-electron chi connectivity index (χ3n) is 2.10. The zero-order valence-corrected chi connectivity index (χ0v) is 9.67. The Kier molecular flexibility index (Phi) is 2.44. The molecule has 0 spiro atoms. The summed E-state index contributed by atoms with van der Waals surface area (Å²) in [6.45, 7) is 0. The van der Waals surface area contributed by atoms with E-state index in [1.165, 1.54) is 12.1 Å². The van der Waals surface area contributed by atoms with Crippen LogP contribution in [0.5, 0.6) is 0 Å². The number of fused-ring (bicyclic) bond motifs is 1. The first kappa shape index (κ1) is 11.4. The number of Topliss-reactive ketones (excluding diaryl/α,β-unsaturated/α-hetero) is 1. The molecule has 0 unspecified atom stereocenters. The van der Waals surface area contributed by atoms with Crippen LogP contribution in [0.25, 0.3) is 0 Å². The number of hydrogen-bond acceptors (Lipinski definition) is 2. The minimum Gasteiger partial charge on any atom is -0.283 e. The van der Waals surface area contributed by atoms with Gasteiger partial charge in [-0.15, -0.1) is 13.2 Å². The summed E-state index contributed by atoms with van der Waals surface area (Å²) in [5.74, 6) is -2.67. The highest BCUT2D eigenvalue weighted by atomic mass is 127. The Balaban J connectivity index is 2.65. The molecular weight excluding hydrogens is 338 g/mol. The van der Waals surface area contributed by atoms with E-state index in [0.717, 1.165) is 6.07 Å². The monoisotopic (exact) mass is 341 g/mol. The van der Waals surface area contributed by atoms with Gasteiger partial charge in [-0.1, -0.05) is 0 Å². The summed E-state index contributed by atoms with van der Waals surface area (Å²) in [6.07, 6.45) is -4.87. The van der Waals surface area contributed by atoms with Crippen LogP contribution in [0.4, 0.5) is 18.9 Å². The zero-order chi connectivity index (χ0) is 12.1. The number of benzene rings is 1. The van der Waals surface area contributed by atoms with Crippen LogP contribution in [0.2, 0.25) is 0 Å². The standard InChI is InChI=1S/C9H3F3INO2/c10-9(11,12)14-6-3-4(13)1-2-5(6)7(15)8(14)16/h1-3H. The SMILES string of the molecule is O=C1C(=O)N(C(F)(F)F)c2cc(I)ccc21. The molecule has 2 rings (SSSR count). The summed E-state index contributed by atoms with van der Waals surface area (Å²) in [4.78, 5) is 22.0. The highest BCUT2D eigenvalue weighted by molar-refractivity contribution is 14.1. The van der Waals surface area contributed by atoms with Crippen molar-refractivity contribution in [3.8, 4) is 0 Å². The fourth-order valence-electron chi connectivity index (χ4n) is 1.46. The Hall–Kier alpha value is -1.12. The molecule has 1 amide bonds. The van der Waals surface area contributed by atoms with Crippen LogP contribution < -0.4 is 4.90 Å². The van der Waals surface area contributed by atoms with Gasteiger partial charge in [0, 0.05) is 3.57 Å². The average Bonchev–Trinajstić information content (AvgIpc) is 2.38. The maximum Gasteiger partial charge on any atom is 0.491 e. The van der Waals surface area contributed by atoms with Gasteiger partial charge in [0.1, 0.15) is 0 Å². The van der Waals surface area contributed by atoms with Gasteiger partial charge in [-0.3, -0.25) is 9.59 Å². The molecule has 16 heavy (non-hydrogen) atoms. The molecule has 0 fully saturated rings. The van der Waals surface area contributed by atoms with Crippen molar-refractivity contribution >= 4 is 40.0 Å². The lowest BCUT2D eigenvalue weighted by molar-refractivity contribution is -0.145. The van der Waals surface area contributed by atoms with Gasteiger partial charge in [-0.2, -0.15) is 0 Å². The number of nitrogens with zero attached hydrogens (tertiary/aromatic N) is 1. The van der Waals surface area contributed by atoms with Crippen LogP contribution in [-0.2, 0) is 4.79 Å². The summed E-state index contributed by atoms with van der Waals surface area (Å²) >= 11 is 1.81. The van der Waals surface area contributed by atoms with Gasteiger partial charge in [0.05, 0.1) is 11.3 Å². The minimum atomic E-state index is -4.87. The number of alkyl halides is 3. The number of amides is 1. The fraction of sp³-hybridized carbons (Fsp3) is 0.111. The Labute approximate surface area is 101 Å². The van der Waals surface area contributed by atoms with Crippen LogP contribution in [0.15, 0.2) is 18.2 Å². The van der Waals surface area contributed by atoms with Crippen molar-refractivity contribution in [3.05, 3.63) is 27.3 Å². The van der Waals surface area contributed by atoms with Crippen molar-refractivity contribution in [2.75, 3.05) is 4.90 Å². The largest absolute Gasteiger partial charge is 0.491 e. The van der Waals surface area contributed by atoms with Crippen LogP contribution >= 0.6 is 22.6 Å². The van der Waals surface area contributed by atoms with Gasteiger partial charge >= 0.3 is 12.2 Å². The molecule has 1 aliphatic heterocycles. The number of rotatable bonds is 0. The van der Waals surface area contributed by atoms with Crippen molar-refractivity contribution in [3.63, 3.8) is 0 Å². The number of carbonyl (C=O) groups is 2. The smallest absolute Gasteiger partial charge is 0.283 e. The van der Waals surface area contributed by atoms with E-state index in [0.29, 0.717) is 3.57 Å². The molecule has 0 saturated heterocycles. The quantitative estimate of drug-likeness (QED) is 0.413. The van der Waals surface area contributed by atoms with E-state index < -0.39 is 28.6 Å². The third-order valence-corrected chi connectivity index (χ3v) is 2.77. The normalized spacial score (nSPS) is 15.6. The first-order valence-electron chi connectivity index (χ1n) is 4.07. The molecule has 0 radical (unpaired) electrons.